The summed E-state index contributed by atoms with van der Waals surface area (Å²) in [4.78, 5) is 0. The summed E-state index contributed by atoms with van der Waals surface area (Å²) in [6.07, 6.45) is 8.86. The molecule has 3 atom stereocenters. The van der Waals surface area contributed by atoms with E-state index in [1.807, 2.05) is 0 Å². The Morgan fingerprint density at radius 3 is 3.10 bits per heavy atom. The lowest BCUT2D eigenvalue weighted by molar-refractivity contribution is 0.0166. The molecular weight excluding hydrogens is 250 g/mol. The Morgan fingerprint density at radius 2 is 2.35 bits per heavy atom. The molecule has 20 heavy (non-hydrogen) atoms. The van der Waals surface area contributed by atoms with Gasteiger partial charge in [-0.25, -0.2) is 0 Å². The van der Waals surface area contributed by atoms with Crippen molar-refractivity contribution in [3.8, 4) is 0 Å². The summed E-state index contributed by atoms with van der Waals surface area (Å²) < 4.78 is 11.2. The van der Waals surface area contributed by atoms with Crippen molar-refractivity contribution in [2.24, 2.45) is 11.8 Å². The molecule has 3 nitrogen and oxygen atoms in total. The fourth-order valence-electron chi connectivity index (χ4n) is 3.44. The number of hydrogen-bond donors (Lipinski definition) is 1. The second-order valence-corrected chi connectivity index (χ2v) is 6.56. The van der Waals surface area contributed by atoms with Gasteiger partial charge in [-0.15, -0.1) is 0 Å². The van der Waals surface area contributed by atoms with Crippen molar-refractivity contribution in [2.75, 3.05) is 32.9 Å². The van der Waals surface area contributed by atoms with Crippen molar-refractivity contribution in [1.29, 1.82) is 0 Å². The van der Waals surface area contributed by atoms with E-state index in [1.54, 1.807) is 5.57 Å². The molecular formula is C17H31NO2. The van der Waals surface area contributed by atoms with Crippen LogP contribution in [0, 0.1) is 11.8 Å². The van der Waals surface area contributed by atoms with Crippen LogP contribution in [-0.2, 0) is 9.47 Å². The van der Waals surface area contributed by atoms with Crippen LogP contribution >= 0.6 is 0 Å². The van der Waals surface area contributed by atoms with E-state index >= 15 is 0 Å². The molecule has 1 N–H and O–H groups in total. The molecule has 0 amide bonds. The third-order valence-corrected chi connectivity index (χ3v) is 4.29. The standard InChI is InChI=1S/C17H31NO2/c1-14-9-15(2)11-16(10-14)12-18-6-4-7-19-13-17-5-3-8-20-17/h9,14,16-18H,3-8,10-13H2,1-2H3. The molecule has 3 heteroatoms. The number of nitrogens with one attached hydrogen (secondary N) is 1. The fraction of sp³-hybridized carbons (Fsp3) is 0.882. The van der Waals surface area contributed by atoms with Crippen LogP contribution in [0.4, 0.5) is 0 Å². The Labute approximate surface area is 124 Å². The van der Waals surface area contributed by atoms with Gasteiger partial charge < -0.3 is 14.8 Å². The van der Waals surface area contributed by atoms with Crippen LogP contribution in [0.15, 0.2) is 11.6 Å². The largest absolute Gasteiger partial charge is 0.379 e. The molecule has 1 aliphatic heterocycles. The smallest absolute Gasteiger partial charge is 0.0809 e. The predicted molar refractivity (Wildman–Crippen MR) is 82.9 cm³/mol. The molecule has 1 saturated heterocycles. The van der Waals surface area contributed by atoms with Gasteiger partial charge in [-0.05, 0) is 64.0 Å². The van der Waals surface area contributed by atoms with Crippen LogP contribution in [0.2, 0.25) is 0 Å². The lowest BCUT2D eigenvalue weighted by atomic mass is 9.84. The third kappa shape index (κ3) is 5.94. The van der Waals surface area contributed by atoms with Gasteiger partial charge in [0.2, 0.25) is 0 Å². The van der Waals surface area contributed by atoms with E-state index in [0.717, 1.165) is 51.2 Å². The second-order valence-electron chi connectivity index (χ2n) is 6.56. The maximum atomic E-state index is 5.67. The van der Waals surface area contributed by atoms with Crippen molar-refractivity contribution >= 4 is 0 Å². The molecule has 2 aliphatic rings. The zero-order valence-corrected chi connectivity index (χ0v) is 13.2. The highest BCUT2D eigenvalue weighted by atomic mass is 16.5. The molecule has 3 unspecified atom stereocenters. The molecule has 1 heterocycles. The van der Waals surface area contributed by atoms with E-state index < -0.39 is 0 Å². The van der Waals surface area contributed by atoms with Gasteiger partial charge in [0.05, 0.1) is 12.7 Å². The zero-order chi connectivity index (χ0) is 14.2. The highest BCUT2D eigenvalue weighted by Crippen LogP contribution is 2.27. The number of hydrogen-bond acceptors (Lipinski definition) is 3. The van der Waals surface area contributed by atoms with Gasteiger partial charge in [0.15, 0.2) is 0 Å². The first-order valence-corrected chi connectivity index (χ1v) is 8.31. The molecule has 0 aromatic heterocycles. The van der Waals surface area contributed by atoms with Crippen LogP contribution in [-0.4, -0.2) is 39.0 Å². The minimum Gasteiger partial charge on any atom is -0.379 e. The van der Waals surface area contributed by atoms with Gasteiger partial charge in [-0.1, -0.05) is 18.6 Å². The molecule has 0 spiro atoms. The molecule has 0 aromatic carbocycles. The summed E-state index contributed by atoms with van der Waals surface area (Å²) in [6.45, 7) is 9.37. The van der Waals surface area contributed by atoms with Gasteiger partial charge in [0.1, 0.15) is 0 Å². The van der Waals surface area contributed by atoms with Gasteiger partial charge in [-0.3, -0.25) is 0 Å². The van der Waals surface area contributed by atoms with Crippen molar-refractivity contribution in [2.45, 2.75) is 52.1 Å². The summed E-state index contributed by atoms with van der Waals surface area (Å²) in [5.74, 6) is 1.58. The second kappa shape index (κ2) is 8.81. The van der Waals surface area contributed by atoms with Crippen molar-refractivity contribution < 1.29 is 9.47 Å². The molecule has 1 fully saturated rings. The van der Waals surface area contributed by atoms with Gasteiger partial charge in [0.25, 0.3) is 0 Å². The van der Waals surface area contributed by atoms with Crippen LogP contribution in [0.3, 0.4) is 0 Å². The van der Waals surface area contributed by atoms with Crippen LogP contribution in [0.1, 0.15) is 46.0 Å². The predicted octanol–water partition coefficient (Wildman–Crippen LogP) is 3.15. The quantitative estimate of drug-likeness (QED) is 0.547. The van der Waals surface area contributed by atoms with Crippen LogP contribution < -0.4 is 5.32 Å². The van der Waals surface area contributed by atoms with E-state index in [1.165, 1.54) is 25.7 Å². The minimum absolute atomic E-state index is 0.362. The Balaban J connectivity index is 1.42. The summed E-state index contributed by atoms with van der Waals surface area (Å²) in [5, 5.41) is 3.59. The molecule has 0 bridgehead atoms. The summed E-state index contributed by atoms with van der Waals surface area (Å²) in [5.41, 5.74) is 1.57. The zero-order valence-electron chi connectivity index (χ0n) is 13.2. The lowest BCUT2D eigenvalue weighted by Gasteiger charge is -2.25. The molecule has 2 rings (SSSR count). The van der Waals surface area contributed by atoms with Crippen LogP contribution in [0.25, 0.3) is 0 Å². The van der Waals surface area contributed by atoms with Crippen LogP contribution in [0.5, 0.6) is 0 Å². The van der Waals surface area contributed by atoms with E-state index in [-0.39, 0.29) is 0 Å². The third-order valence-electron chi connectivity index (χ3n) is 4.29. The average molecular weight is 281 g/mol. The van der Waals surface area contributed by atoms with Gasteiger partial charge >= 0.3 is 0 Å². The first kappa shape index (κ1) is 16.0. The van der Waals surface area contributed by atoms with Gasteiger partial charge in [0, 0.05) is 13.2 Å². The van der Waals surface area contributed by atoms with Crippen molar-refractivity contribution in [3.63, 3.8) is 0 Å². The summed E-state index contributed by atoms with van der Waals surface area (Å²) in [7, 11) is 0. The normalized spacial score (nSPS) is 30.5. The Morgan fingerprint density at radius 1 is 1.45 bits per heavy atom. The van der Waals surface area contributed by atoms with Gasteiger partial charge in [-0.2, -0.15) is 0 Å². The van der Waals surface area contributed by atoms with E-state index in [0.29, 0.717) is 6.10 Å². The highest BCUT2D eigenvalue weighted by Gasteiger charge is 2.17. The monoisotopic (exact) mass is 281 g/mol. The molecule has 0 radical (unpaired) electrons. The summed E-state index contributed by atoms with van der Waals surface area (Å²) >= 11 is 0. The topological polar surface area (TPSA) is 30.5 Å². The Bertz CT molecular complexity index is 297. The van der Waals surface area contributed by atoms with Crippen molar-refractivity contribution in [1.82, 2.24) is 5.32 Å². The van der Waals surface area contributed by atoms with E-state index in [4.69, 9.17) is 9.47 Å². The first-order chi connectivity index (χ1) is 9.74. The Hall–Kier alpha value is -0.380. The van der Waals surface area contributed by atoms with Crippen molar-refractivity contribution in [3.05, 3.63) is 11.6 Å². The fourth-order valence-corrected chi connectivity index (χ4v) is 3.44. The molecule has 1 aliphatic carbocycles. The minimum atomic E-state index is 0.362. The van der Waals surface area contributed by atoms with E-state index in [9.17, 15) is 0 Å². The average Bonchev–Trinajstić information content (AvgIpc) is 2.89. The number of allylic oxidation sites excluding steroid dienone is 2. The Kier molecular flexibility index (Phi) is 7.05. The van der Waals surface area contributed by atoms with E-state index in [2.05, 4.69) is 25.2 Å². The first-order valence-electron chi connectivity index (χ1n) is 8.31. The molecule has 0 saturated carbocycles. The maximum Gasteiger partial charge on any atom is 0.0809 e. The summed E-state index contributed by atoms with van der Waals surface area (Å²) in [6, 6.07) is 0. The molecule has 116 valence electrons. The maximum absolute atomic E-state index is 5.67. The molecule has 0 aromatic rings. The number of rotatable bonds is 8. The SMILES string of the molecule is CC1=CC(C)CC(CNCCCOCC2CCCO2)C1. The number of ether oxygens (including phenoxy) is 2. The lowest BCUT2D eigenvalue weighted by Crippen LogP contribution is -2.27. The highest BCUT2D eigenvalue weighted by molar-refractivity contribution is 5.06.